The third-order valence-electron chi connectivity index (χ3n) is 2.98. The molecule has 1 N–H and O–H groups in total. The molecule has 0 amide bonds. The molecular weight excluding hydrogens is 292 g/mol. The second-order valence-electron chi connectivity index (χ2n) is 4.48. The number of aromatic amines is 1. The Morgan fingerprint density at radius 2 is 2.24 bits per heavy atom. The number of H-pyrrole nitrogens is 1. The van der Waals surface area contributed by atoms with Gasteiger partial charge in [0, 0.05) is 18.1 Å². The minimum absolute atomic E-state index is 0.249. The van der Waals surface area contributed by atoms with E-state index in [1.807, 2.05) is 25.1 Å². The van der Waals surface area contributed by atoms with Crippen molar-refractivity contribution in [1.82, 2.24) is 9.97 Å². The third-order valence-corrected chi connectivity index (χ3v) is 3.28. The second kappa shape index (κ2) is 5.71. The van der Waals surface area contributed by atoms with E-state index < -0.39 is 0 Å². The molecule has 6 heteroatoms. The van der Waals surface area contributed by atoms with E-state index in [1.165, 1.54) is 6.07 Å². The summed E-state index contributed by atoms with van der Waals surface area (Å²) in [7, 11) is 0. The number of rotatable bonds is 4. The number of halogens is 1. The van der Waals surface area contributed by atoms with Gasteiger partial charge in [-0.3, -0.25) is 4.79 Å². The lowest BCUT2D eigenvalue weighted by atomic mass is 10.2. The Hall–Kier alpha value is -2.11. The zero-order valence-corrected chi connectivity index (χ0v) is 12.1. The van der Waals surface area contributed by atoms with E-state index >= 15 is 0 Å². The normalized spacial score (nSPS) is 11.1. The van der Waals surface area contributed by atoms with Gasteiger partial charge in [-0.05, 0) is 19.1 Å². The molecule has 0 atom stereocenters. The van der Waals surface area contributed by atoms with Gasteiger partial charge in [0.1, 0.15) is 18.1 Å². The highest BCUT2D eigenvalue weighted by molar-refractivity contribution is 6.34. The van der Waals surface area contributed by atoms with Crippen molar-refractivity contribution in [3.63, 3.8) is 0 Å². The van der Waals surface area contributed by atoms with Crippen molar-refractivity contribution in [2.45, 2.75) is 13.5 Å². The summed E-state index contributed by atoms with van der Waals surface area (Å²) in [6, 6.07) is 8.69. The second-order valence-corrected chi connectivity index (χ2v) is 4.89. The number of hydrogen-bond donors (Lipinski definition) is 1. The van der Waals surface area contributed by atoms with E-state index in [0.717, 1.165) is 5.39 Å². The Morgan fingerprint density at radius 1 is 1.38 bits per heavy atom. The highest BCUT2D eigenvalue weighted by Crippen LogP contribution is 2.30. The molecule has 108 valence electrons. The lowest BCUT2D eigenvalue weighted by Gasteiger charge is -2.02. The van der Waals surface area contributed by atoms with Crippen molar-refractivity contribution in [2.24, 2.45) is 0 Å². The summed E-state index contributed by atoms with van der Waals surface area (Å²) >= 11 is 6.09. The summed E-state index contributed by atoms with van der Waals surface area (Å²) in [6.45, 7) is 2.68. The summed E-state index contributed by atoms with van der Waals surface area (Å²) in [6.07, 6.45) is 0. The molecule has 0 aliphatic rings. The Bertz CT molecular complexity index is 838. The van der Waals surface area contributed by atoms with Gasteiger partial charge in [0.2, 0.25) is 0 Å². The maximum Gasteiger partial charge on any atom is 0.251 e. The molecular formula is C15H13ClN2O3. The van der Waals surface area contributed by atoms with Gasteiger partial charge in [-0.2, -0.15) is 0 Å². The number of fused-ring (bicyclic) bond motifs is 1. The number of nitrogens with zero attached hydrogens (tertiary/aromatic N) is 1. The third kappa shape index (κ3) is 2.84. The van der Waals surface area contributed by atoms with Gasteiger partial charge in [0.15, 0.2) is 11.3 Å². The predicted octanol–water partition coefficient (Wildman–Crippen LogP) is 3.37. The fourth-order valence-corrected chi connectivity index (χ4v) is 2.28. The van der Waals surface area contributed by atoms with E-state index in [0.29, 0.717) is 34.5 Å². The number of para-hydroxylation sites is 1. The molecule has 2 heterocycles. The molecule has 0 fully saturated rings. The van der Waals surface area contributed by atoms with Crippen LogP contribution in [-0.2, 0) is 11.3 Å². The summed E-state index contributed by atoms with van der Waals surface area (Å²) < 4.78 is 11.0. The summed E-state index contributed by atoms with van der Waals surface area (Å²) in [4.78, 5) is 18.7. The molecule has 0 spiro atoms. The molecule has 0 radical (unpaired) electrons. The lowest BCUT2D eigenvalue weighted by Crippen LogP contribution is -2.12. The Morgan fingerprint density at radius 3 is 3.00 bits per heavy atom. The molecule has 5 nitrogen and oxygen atoms in total. The van der Waals surface area contributed by atoms with Gasteiger partial charge in [0.05, 0.1) is 5.02 Å². The molecule has 3 rings (SSSR count). The monoisotopic (exact) mass is 304 g/mol. The smallest absolute Gasteiger partial charge is 0.251 e. The number of nitrogens with one attached hydrogen (secondary N) is 1. The first-order valence-electron chi connectivity index (χ1n) is 6.54. The van der Waals surface area contributed by atoms with Crippen LogP contribution in [0, 0.1) is 0 Å². The summed E-state index contributed by atoms with van der Waals surface area (Å²) in [5.74, 6) is 0.966. The largest absolute Gasteiger partial charge is 0.453 e. The van der Waals surface area contributed by atoms with Crippen molar-refractivity contribution in [2.75, 3.05) is 6.61 Å². The van der Waals surface area contributed by atoms with Crippen LogP contribution in [0.4, 0.5) is 0 Å². The fraction of sp³-hybridized carbons (Fsp3) is 0.200. The molecule has 0 aliphatic carbocycles. The average molecular weight is 305 g/mol. The highest BCUT2D eigenvalue weighted by atomic mass is 35.5. The first kappa shape index (κ1) is 13.9. The predicted molar refractivity (Wildman–Crippen MR) is 80.4 cm³/mol. The molecule has 2 aromatic heterocycles. The Labute approximate surface area is 125 Å². The summed E-state index contributed by atoms with van der Waals surface area (Å²) in [5.41, 5.74) is 0.796. The molecule has 0 saturated heterocycles. The molecule has 3 aromatic rings. The maximum atomic E-state index is 11.7. The standard InChI is InChI=1S/C15H13ClN2O3/c1-2-20-8-13-17-11(7-14(19)18-13)12-6-9-4-3-5-10(16)15(9)21-12/h3-7H,2,8H2,1H3,(H,17,18,19). The molecule has 0 bridgehead atoms. The lowest BCUT2D eigenvalue weighted by molar-refractivity contribution is 0.128. The van der Waals surface area contributed by atoms with Crippen LogP contribution in [0.1, 0.15) is 12.7 Å². The minimum atomic E-state index is -0.249. The Kier molecular flexibility index (Phi) is 3.77. The van der Waals surface area contributed by atoms with Crippen molar-refractivity contribution < 1.29 is 9.15 Å². The molecule has 0 saturated carbocycles. The van der Waals surface area contributed by atoms with Gasteiger partial charge in [0.25, 0.3) is 5.56 Å². The zero-order chi connectivity index (χ0) is 14.8. The van der Waals surface area contributed by atoms with Gasteiger partial charge in [-0.25, -0.2) is 4.98 Å². The van der Waals surface area contributed by atoms with Crippen LogP contribution in [0.25, 0.3) is 22.4 Å². The topological polar surface area (TPSA) is 68.1 Å². The minimum Gasteiger partial charge on any atom is -0.453 e. The molecule has 0 aliphatic heterocycles. The van der Waals surface area contributed by atoms with E-state index in [4.69, 9.17) is 20.8 Å². The van der Waals surface area contributed by atoms with E-state index in [9.17, 15) is 4.79 Å². The zero-order valence-electron chi connectivity index (χ0n) is 11.4. The van der Waals surface area contributed by atoms with E-state index in [2.05, 4.69) is 9.97 Å². The molecule has 21 heavy (non-hydrogen) atoms. The van der Waals surface area contributed by atoms with Crippen LogP contribution >= 0.6 is 11.6 Å². The number of furan rings is 1. The number of ether oxygens (including phenoxy) is 1. The average Bonchev–Trinajstić information content (AvgIpc) is 2.90. The van der Waals surface area contributed by atoms with Gasteiger partial charge >= 0.3 is 0 Å². The van der Waals surface area contributed by atoms with Crippen LogP contribution in [-0.4, -0.2) is 16.6 Å². The molecule has 1 aromatic carbocycles. The van der Waals surface area contributed by atoms with Crippen LogP contribution < -0.4 is 5.56 Å². The van der Waals surface area contributed by atoms with E-state index in [-0.39, 0.29) is 12.2 Å². The Balaban J connectivity index is 2.07. The van der Waals surface area contributed by atoms with Crippen LogP contribution in [0.3, 0.4) is 0 Å². The van der Waals surface area contributed by atoms with Crippen LogP contribution in [0.5, 0.6) is 0 Å². The number of aromatic nitrogens is 2. The van der Waals surface area contributed by atoms with Crippen molar-refractivity contribution in [1.29, 1.82) is 0 Å². The van der Waals surface area contributed by atoms with Crippen LogP contribution in [0.15, 0.2) is 39.5 Å². The SMILES string of the molecule is CCOCc1nc(-c2cc3cccc(Cl)c3o2)cc(=O)[nH]1. The quantitative estimate of drug-likeness (QED) is 0.802. The van der Waals surface area contributed by atoms with Crippen LogP contribution in [0.2, 0.25) is 5.02 Å². The highest BCUT2D eigenvalue weighted by Gasteiger charge is 2.11. The van der Waals surface area contributed by atoms with Gasteiger partial charge in [-0.15, -0.1) is 0 Å². The number of hydrogen-bond acceptors (Lipinski definition) is 4. The summed E-state index contributed by atoms with van der Waals surface area (Å²) in [5, 5.41) is 1.39. The molecule has 0 unspecified atom stereocenters. The number of benzene rings is 1. The van der Waals surface area contributed by atoms with Gasteiger partial charge < -0.3 is 14.1 Å². The first-order chi connectivity index (χ1) is 10.2. The van der Waals surface area contributed by atoms with Crippen molar-refractivity contribution >= 4 is 22.6 Å². The van der Waals surface area contributed by atoms with Gasteiger partial charge in [-0.1, -0.05) is 23.7 Å². The van der Waals surface area contributed by atoms with E-state index in [1.54, 1.807) is 6.07 Å². The first-order valence-corrected chi connectivity index (χ1v) is 6.91. The fourth-order valence-electron chi connectivity index (χ4n) is 2.06. The van der Waals surface area contributed by atoms with Crippen molar-refractivity contribution in [3.8, 4) is 11.5 Å². The maximum absolute atomic E-state index is 11.7. The van der Waals surface area contributed by atoms with Crippen molar-refractivity contribution in [3.05, 3.63) is 51.5 Å².